The average Bonchev–Trinajstić information content (AvgIpc) is 2.48. The molecule has 2 aromatic rings. The SMILES string of the molecule is COc1ccc(NC(=O)Nc2cccc(C(C)=O)c2)cn1. The normalized spacial score (nSPS) is 9.81. The number of Topliss-reactive ketones (excluding diaryl/α,β-unsaturated/α-hetero) is 1. The van der Waals surface area contributed by atoms with E-state index in [4.69, 9.17) is 4.74 Å². The molecule has 0 unspecified atom stereocenters. The number of amides is 2. The van der Waals surface area contributed by atoms with Crippen molar-refractivity contribution in [2.24, 2.45) is 0 Å². The Morgan fingerprint density at radius 1 is 1.10 bits per heavy atom. The third-order valence-corrected chi connectivity index (χ3v) is 2.73. The number of anilines is 2. The van der Waals surface area contributed by atoms with Crippen LogP contribution in [-0.2, 0) is 0 Å². The molecule has 2 rings (SSSR count). The van der Waals surface area contributed by atoms with E-state index in [1.807, 2.05) is 0 Å². The molecule has 21 heavy (non-hydrogen) atoms. The minimum atomic E-state index is -0.414. The fraction of sp³-hybridized carbons (Fsp3) is 0.133. The van der Waals surface area contributed by atoms with Gasteiger partial charge in [0.05, 0.1) is 19.0 Å². The van der Waals surface area contributed by atoms with Crippen LogP contribution in [0.3, 0.4) is 0 Å². The van der Waals surface area contributed by atoms with Crippen LogP contribution in [0, 0.1) is 0 Å². The fourth-order valence-electron chi connectivity index (χ4n) is 1.68. The molecule has 108 valence electrons. The van der Waals surface area contributed by atoms with Crippen molar-refractivity contribution in [2.45, 2.75) is 6.92 Å². The summed E-state index contributed by atoms with van der Waals surface area (Å²) in [5.74, 6) is 0.411. The van der Waals surface area contributed by atoms with Crippen molar-refractivity contribution in [1.82, 2.24) is 4.98 Å². The number of nitrogens with zero attached hydrogens (tertiary/aromatic N) is 1. The van der Waals surface area contributed by atoms with E-state index in [9.17, 15) is 9.59 Å². The van der Waals surface area contributed by atoms with Gasteiger partial charge in [-0.15, -0.1) is 0 Å². The van der Waals surface area contributed by atoms with E-state index in [2.05, 4.69) is 15.6 Å². The molecule has 0 aliphatic rings. The summed E-state index contributed by atoms with van der Waals surface area (Å²) in [5, 5.41) is 5.29. The molecule has 0 saturated carbocycles. The van der Waals surface area contributed by atoms with Crippen LogP contribution in [0.25, 0.3) is 0 Å². The third-order valence-electron chi connectivity index (χ3n) is 2.73. The lowest BCUT2D eigenvalue weighted by atomic mass is 10.1. The molecule has 0 atom stereocenters. The highest BCUT2D eigenvalue weighted by molar-refractivity contribution is 6.01. The first kappa shape index (κ1) is 14.5. The number of ether oxygens (including phenoxy) is 1. The van der Waals surface area contributed by atoms with Crippen molar-refractivity contribution >= 4 is 23.2 Å². The highest BCUT2D eigenvalue weighted by atomic mass is 16.5. The number of benzene rings is 1. The van der Waals surface area contributed by atoms with Crippen LogP contribution < -0.4 is 15.4 Å². The number of carbonyl (C=O) groups is 2. The summed E-state index contributed by atoms with van der Waals surface area (Å²) >= 11 is 0. The molecular weight excluding hydrogens is 270 g/mol. The number of hydrogen-bond acceptors (Lipinski definition) is 4. The van der Waals surface area contributed by atoms with Crippen LogP contribution >= 0.6 is 0 Å². The molecule has 1 aromatic carbocycles. The number of ketones is 1. The zero-order chi connectivity index (χ0) is 15.2. The number of pyridine rings is 1. The second-order valence-corrected chi connectivity index (χ2v) is 4.31. The monoisotopic (exact) mass is 285 g/mol. The smallest absolute Gasteiger partial charge is 0.323 e. The Morgan fingerprint density at radius 2 is 1.86 bits per heavy atom. The van der Waals surface area contributed by atoms with Crippen LogP contribution in [-0.4, -0.2) is 23.9 Å². The first-order valence-electron chi connectivity index (χ1n) is 6.27. The summed E-state index contributed by atoms with van der Waals surface area (Å²) in [7, 11) is 1.52. The number of methoxy groups -OCH3 is 1. The zero-order valence-corrected chi connectivity index (χ0v) is 11.7. The molecule has 0 saturated heterocycles. The van der Waals surface area contributed by atoms with Gasteiger partial charge in [0.25, 0.3) is 0 Å². The maximum Gasteiger partial charge on any atom is 0.323 e. The molecule has 0 aliphatic heterocycles. The largest absolute Gasteiger partial charge is 0.481 e. The number of urea groups is 1. The van der Waals surface area contributed by atoms with Gasteiger partial charge in [0.1, 0.15) is 0 Å². The number of hydrogen-bond donors (Lipinski definition) is 2. The van der Waals surface area contributed by atoms with Crippen LogP contribution in [0.5, 0.6) is 5.88 Å². The minimum Gasteiger partial charge on any atom is -0.481 e. The van der Waals surface area contributed by atoms with Gasteiger partial charge in [0, 0.05) is 17.3 Å². The molecule has 0 spiro atoms. The van der Waals surface area contributed by atoms with Crippen molar-refractivity contribution < 1.29 is 14.3 Å². The summed E-state index contributed by atoms with van der Waals surface area (Å²) in [4.78, 5) is 27.1. The average molecular weight is 285 g/mol. The highest BCUT2D eigenvalue weighted by Crippen LogP contribution is 2.13. The highest BCUT2D eigenvalue weighted by Gasteiger charge is 2.05. The van der Waals surface area contributed by atoms with Gasteiger partial charge in [-0.25, -0.2) is 9.78 Å². The fourth-order valence-corrected chi connectivity index (χ4v) is 1.68. The summed E-state index contributed by atoms with van der Waals surface area (Å²) < 4.78 is 4.93. The number of aromatic nitrogens is 1. The first-order valence-corrected chi connectivity index (χ1v) is 6.27. The van der Waals surface area contributed by atoms with Crippen molar-refractivity contribution in [3.05, 3.63) is 48.2 Å². The Balaban J connectivity index is 2.00. The lowest BCUT2D eigenvalue weighted by Crippen LogP contribution is -2.19. The first-order chi connectivity index (χ1) is 10.1. The zero-order valence-electron chi connectivity index (χ0n) is 11.7. The van der Waals surface area contributed by atoms with Gasteiger partial charge in [0.2, 0.25) is 5.88 Å². The Morgan fingerprint density at radius 3 is 2.48 bits per heavy atom. The molecule has 2 amide bonds. The molecule has 0 fully saturated rings. The molecule has 0 radical (unpaired) electrons. The van der Waals surface area contributed by atoms with Gasteiger partial charge in [-0.2, -0.15) is 0 Å². The van der Waals surface area contributed by atoms with Gasteiger partial charge < -0.3 is 15.4 Å². The van der Waals surface area contributed by atoms with E-state index >= 15 is 0 Å². The van der Waals surface area contributed by atoms with Crippen LogP contribution in [0.4, 0.5) is 16.2 Å². The molecule has 2 N–H and O–H groups in total. The molecule has 6 nitrogen and oxygen atoms in total. The Labute approximate surface area is 122 Å². The lowest BCUT2D eigenvalue weighted by Gasteiger charge is -2.08. The minimum absolute atomic E-state index is 0.0570. The van der Waals surface area contributed by atoms with E-state index < -0.39 is 6.03 Å². The van der Waals surface area contributed by atoms with Crippen molar-refractivity contribution in [1.29, 1.82) is 0 Å². The molecule has 0 aliphatic carbocycles. The van der Waals surface area contributed by atoms with E-state index in [1.54, 1.807) is 36.4 Å². The number of nitrogens with one attached hydrogen (secondary N) is 2. The Kier molecular flexibility index (Phi) is 4.50. The standard InChI is InChI=1S/C15H15N3O3/c1-10(19)11-4-3-5-12(8-11)17-15(20)18-13-6-7-14(21-2)16-9-13/h3-9H,1-2H3,(H2,17,18,20). The van der Waals surface area contributed by atoms with E-state index in [0.717, 1.165) is 0 Å². The van der Waals surface area contributed by atoms with Gasteiger partial charge in [0.15, 0.2) is 5.78 Å². The summed E-state index contributed by atoms with van der Waals surface area (Å²) in [6, 6.07) is 9.64. The Hall–Kier alpha value is -2.89. The van der Waals surface area contributed by atoms with Gasteiger partial charge in [-0.1, -0.05) is 12.1 Å². The predicted octanol–water partition coefficient (Wildman–Crippen LogP) is 2.94. The molecule has 6 heteroatoms. The van der Waals surface area contributed by atoms with Crippen molar-refractivity contribution in [3.8, 4) is 5.88 Å². The summed E-state index contributed by atoms with van der Waals surface area (Å²) in [6.45, 7) is 1.47. The number of rotatable bonds is 4. The van der Waals surface area contributed by atoms with E-state index in [1.165, 1.54) is 20.2 Å². The quantitative estimate of drug-likeness (QED) is 0.846. The molecular formula is C15H15N3O3. The molecule has 1 heterocycles. The van der Waals surface area contributed by atoms with Gasteiger partial charge in [-0.3, -0.25) is 4.79 Å². The number of carbonyl (C=O) groups excluding carboxylic acids is 2. The molecule has 1 aromatic heterocycles. The summed E-state index contributed by atoms with van der Waals surface area (Å²) in [5.41, 5.74) is 1.62. The van der Waals surface area contributed by atoms with Gasteiger partial charge >= 0.3 is 6.03 Å². The maximum atomic E-state index is 11.9. The predicted molar refractivity (Wildman–Crippen MR) is 79.9 cm³/mol. The molecule has 0 bridgehead atoms. The second kappa shape index (κ2) is 6.51. The second-order valence-electron chi connectivity index (χ2n) is 4.31. The topological polar surface area (TPSA) is 80.3 Å². The van der Waals surface area contributed by atoms with Crippen LogP contribution in [0.1, 0.15) is 17.3 Å². The summed E-state index contributed by atoms with van der Waals surface area (Å²) in [6.07, 6.45) is 1.49. The van der Waals surface area contributed by atoms with Gasteiger partial charge in [-0.05, 0) is 25.1 Å². The van der Waals surface area contributed by atoms with Crippen LogP contribution in [0.15, 0.2) is 42.6 Å². The maximum absolute atomic E-state index is 11.9. The van der Waals surface area contributed by atoms with Crippen molar-refractivity contribution in [2.75, 3.05) is 17.7 Å². The van der Waals surface area contributed by atoms with E-state index in [-0.39, 0.29) is 5.78 Å². The lowest BCUT2D eigenvalue weighted by molar-refractivity contribution is 0.101. The third kappa shape index (κ3) is 4.04. The van der Waals surface area contributed by atoms with E-state index in [0.29, 0.717) is 22.8 Å². The Bertz CT molecular complexity index is 653. The van der Waals surface area contributed by atoms with Crippen LogP contribution in [0.2, 0.25) is 0 Å². The van der Waals surface area contributed by atoms with Crippen molar-refractivity contribution in [3.63, 3.8) is 0 Å².